The lowest BCUT2D eigenvalue weighted by atomic mass is 10.0. The molecule has 0 atom stereocenters. The molecule has 9 aromatic carbocycles. The second-order valence-corrected chi connectivity index (χ2v) is 13.4. The van der Waals surface area contributed by atoms with Crippen LogP contribution in [0.2, 0.25) is 0 Å². The molecule has 0 bridgehead atoms. The van der Waals surface area contributed by atoms with Crippen molar-refractivity contribution in [1.29, 1.82) is 0 Å². The standard InChI is InChI=1S/C52H38N2/c1-3-17-45(18-4-1)53(51-23-11-15-43-13-7-9-21-49(43)51)47-35-29-40(30-36-47)26-25-39-27-31-41(32-28-39)42-33-37-48(38-34-42)54(46-19-5-2-6-20-46)52-24-12-16-44-14-8-10-22-50(44)52/h1-38H/b26-25-. The van der Waals surface area contributed by atoms with Crippen molar-refractivity contribution >= 4 is 67.8 Å². The Bertz CT molecular complexity index is 2670. The average molecular weight is 691 g/mol. The average Bonchev–Trinajstić information content (AvgIpc) is 3.25. The maximum absolute atomic E-state index is 2.34. The number of benzene rings is 9. The molecule has 0 radical (unpaired) electrons. The molecule has 0 spiro atoms. The molecule has 0 aliphatic carbocycles. The third-order valence-electron chi connectivity index (χ3n) is 10.0. The summed E-state index contributed by atoms with van der Waals surface area (Å²) in [6, 6.07) is 77.9. The van der Waals surface area contributed by atoms with Gasteiger partial charge >= 0.3 is 0 Å². The molecule has 0 heterocycles. The molecule has 0 fully saturated rings. The van der Waals surface area contributed by atoms with Gasteiger partial charge in [-0.3, -0.25) is 0 Å². The van der Waals surface area contributed by atoms with Crippen molar-refractivity contribution in [2.24, 2.45) is 0 Å². The van der Waals surface area contributed by atoms with Gasteiger partial charge in [0, 0.05) is 33.5 Å². The number of hydrogen-bond acceptors (Lipinski definition) is 2. The van der Waals surface area contributed by atoms with E-state index in [2.05, 4.69) is 240 Å². The van der Waals surface area contributed by atoms with Gasteiger partial charge in [-0.1, -0.05) is 170 Å². The zero-order valence-electron chi connectivity index (χ0n) is 29.8. The molecule has 0 unspecified atom stereocenters. The zero-order valence-corrected chi connectivity index (χ0v) is 29.8. The van der Waals surface area contributed by atoms with Crippen LogP contribution in [0.15, 0.2) is 218 Å². The van der Waals surface area contributed by atoms with Crippen LogP contribution in [0, 0.1) is 0 Å². The highest BCUT2D eigenvalue weighted by molar-refractivity contribution is 6.00. The number of hydrogen-bond donors (Lipinski definition) is 0. The first-order valence-electron chi connectivity index (χ1n) is 18.4. The summed E-state index contributed by atoms with van der Waals surface area (Å²) >= 11 is 0. The molecule has 54 heavy (non-hydrogen) atoms. The van der Waals surface area contributed by atoms with Crippen molar-refractivity contribution in [2.75, 3.05) is 9.80 Å². The van der Waals surface area contributed by atoms with E-state index in [4.69, 9.17) is 0 Å². The van der Waals surface area contributed by atoms with E-state index in [-0.39, 0.29) is 0 Å². The first kappa shape index (κ1) is 32.7. The van der Waals surface area contributed by atoms with Gasteiger partial charge < -0.3 is 9.80 Å². The van der Waals surface area contributed by atoms with Gasteiger partial charge in [0.05, 0.1) is 11.4 Å². The largest absolute Gasteiger partial charge is 0.310 e. The van der Waals surface area contributed by atoms with Gasteiger partial charge in [0.25, 0.3) is 0 Å². The van der Waals surface area contributed by atoms with Crippen LogP contribution in [0.25, 0.3) is 44.8 Å². The van der Waals surface area contributed by atoms with Crippen LogP contribution in [0.4, 0.5) is 34.1 Å². The number of nitrogens with zero attached hydrogens (tertiary/aromatic N) is 2. The van der Waals surface area contributed by atoms with Gasteiger partial charge in [0.15, 0.2) is 0 Å². The quantitative estimate of drug-likeness (QED) is 0.139. The number of anilines is 6. The van der Waals surface area contributed by atoms with Crippen molar-refractivity contribution in [3.63, 3.8) is 0 Å². The molecule has 2 nitrogen and oxygen atoms in total. The molecule has 0 amide bonds. The lowest BCUT2D eigenvalue weighted by Crippen LogP contribution is -2.10. The second-order valence-electron chi connectivity index (χ2n) is 13.4. The Labute approximate surface area is 317 Å². The lowest BCUT2D eigenvalue weighted by Gasteiger charge is -2.27. The minimum atomic E-state index is 1.12. The molecule has 0 saturated carbocycles. The Morgan fingerprint density at radius 3 is 1.06 bits per heavy atom. The minimum absolute atomic E-state index is 1.12. The molecule has 0 aliphatic heterocycles. The van der Waals surface area contributed by atoms with Gasteiger partial charge in [-0.15, -0.1) is 0 Å². The number of rotatable bonds is 9. The summed E-state index contributed by atoms with van der Waals surface area (Å²) in [4.78, 5) is 4.68. The monoisotopic (exact) mass is 690 g/mol. The van der Waals surface area contributed by atoms with E-state index in [1.54, 1.807) is 0 Å². The van der Waals surface area contributed by atoms with Crippen molar-refractivity contribution in [2.45, 2.75) is 0 Å². The molecule has 0 aliphatic rings. The second kappa shape index (κ2) is 14.8. The molecule has 0 N–H and O–H groups in total. The topological polar surface area (TPSA) is 6.48 Å². The maximum atomic E-state index is 2.34. The number of para-hydroxylation sites is 2. The molecular formula is C52H38N2. The van der Waals surface area contributed by atoms with Crippen LogP contribution in [0.1, 0.15) is 11.1 Å². The van der Waals surface area contributed by atoms with Crippen LogP contribution in [0.3, 0.4) is 0 Å². The highest BCUT2D eigenvalue weighted by Gasteiger charge is 2.16. The van der Waals surface area contributed by atoms with Crippen LogP contribution >= 0.6 is 0 Å². The Kier molecular flexibility index (Phi) is 8.99. The first-order valence-corrected chi connectivity index (χ1v) is 18.4. The van der Waals surface area contributed by atoms with E-state index in [0.29, 0.717) is 0 Å². The van der Waals surface area contributed by atoms with Gasteiger partial charge in [-0.2, -0.15) is 0 Å². The molecular weight excluding hydrogens is 653 g/mol. The lowest BCUT2D eigenvalue weighted by molar-refractivity contribution is 1.30. The molecule has 9 aromatic rings. The molecule has 0 saturated heterocycles. The Morgan fingerprint density at radius 1 is 0.259 bits per heavy atom. The Morgan fingerprint density at radius 2 is 0.593 bits per heavy atom. The Hall–Kier alpha value is -7.16. The normalized spacial score (nSPS) is 11.3. The van der Waals surface area contributed by atoms with Crippen molar-refractivity contribution in [3.05, 3.63) is 230 Å². The summed E-state index contributed by atoms with van der Waals surface area (Å²) in [6.07, 6.45) is 4.37. The van der Waals surface area contributed by atoms with Crippen LogP contribution < -0.4 is 9.80 Å². The highest BCUT2D eigenvalue weighted by Crippen LogP contribution is 2.40. The molecule has 2 heteroatoms. The van der Waals surface area contributed by atoms with Gasteiger partial charge in [0.2, 0.25) is 0 Å². The molecule has 0 aromatic heterocycles. The molecule has 9 rings (SSSR count). The maximum Gasteiger partial charge on any atom is 0.0540 e. The molecule has 256 valence electrons. The SMILES string of the molecule is C(=C/c1ccc(N(c2ccccc2)c2cccc3ccccc23)cc1)/c1ccc(-c2ccc(N(c3ccccc3)c3cccc4ccccc34)cc2)cc1. The van der Waals surface area contributed by atoms with E-state index < -0.39 is 0 Å². The summed E-state index contributed by atoms with van der Waals surface area (Å²) in [5.74, 6) is 0. The number of fused-ring (bicyclic) bond motifs is 2. The summed E-state index contributed by atoms with van der Waals surface area (Å²) in [6.45, 7) is 0. The first-order chi connectivity index (χ1) is 26.8. The smallest absolute Gasteiger partial charge is 0.0540 e. The zero-order chi connectivity index (χ0) is 36.1. The van der Waals surface area contributed by atoms with Crippen LogP contribution in [-0.4, -0.2) is 0 Å². The van der Waals surface area contributed by atoms with Crippen molar-refractivity contribution in [1.82, 2.24) is 0 Å². The van der Waals surface area contributed by atoms with E-state index in [1.165, 1.54) is 32.7 Å². The van der Waals surface area contributed by atoms with Gasteiger partial charge in [-0.25, -0.2) is 0 Å². The third kappa shape index (κ3) is 6.65. The van der Waals surface area contributed by atoms with Crippen molar-refractivity contribution in [3.8, 4) is 11.1 Å². The van der Waals surface area contributed by atoms with E-state index >= 15 is 0 Å². The highest BCUT2D eigenvalue weighted by atomic mass is 15.1. The van der Waals surface area contributed by atoms with Gasteiger partial charge in [-0.05, 0) is 93.7 Å². The summed E-state index contributed by atoms with van der Waals surface area (Å²) < 4.78 is 0. The van der Waals surface area contributed by atoms with Crippen LogP contribution in [-0.2, 0) is 0 Å². The predicted molar refractivity (Wildman–Crippen MR) is 232 cm³/mol. The van der Waals surface area contributed by atoms with E-state index in [0.717, 1.165) is 45.3 Å². The fourth-order valence-corrected chi connectivity index (χ4v) is 7.33. The summed E-state index contributed by atoms with van der Waals surface area (Å²) in [5, 5.41) is 4.90. The fourth-order valence-electron chi connectivity index (χ4n) is 7.33. The Balaban J connectivity index is 0.945. The van der Waals surface area contributed by atoms with Crippen LogP contribution in [0.5, 0.6) is 0 Å². The van der Waals surface area contributed by atoms with E-state index in [9.17, 15) is 0 Å². The fraction of sp³-hybridized carbons (Fsp3) is 0. The summed E-state index contributed by atoms with van der Waals surface area (Å²) in [5.41, 5.74) is 11.5. The predicted octanol–water partition coefficient (Wildman–Crippen LogP) is 14.8. The minimum Gasteiger partial charge on any atom is -0.310 e. The third-order valence-corrected chi connectivity index (χ3v) is 10.0. The van der Waals surface area contributed by atoms with Crippen molar-refractivity contribution < 1.29 is 0 Å². The van der Waals surface area contributed by atoms with E-state index in [1.807, 2.05) is 0 Å². The summed E-state index contributed by atoms with van der Waals surface area (Å²) in [7, 11) is 0. The van der Waals surface area contributed by atoms with Gasteiger partial charge in [0.1, 0.15) is 0 Å².